The molecule has 1 amide bonds. The summed E-state index contributed by atoms with van der Waals surface area (Å²) in [6, 6.07) is 4.20. The summed E-state index contributed by atoms with van der Waals surface area (Å²) in [6.07, 6.45) is 5.46. The monoisotopic (exact) mass is 357 g/mol. The zero-order valence-corrected chi connectivity index (χ0v) is 15.6. The first kappa shape index (κ1) is 17.5. The fourth-order valence-electron chi connectivity index (χ4n) is 5.06. The molecule has 6 heteroatoms. The molecule has 1 spiro atoms. The van der Waals surface area contributed by atoms with Crippen molar-refractivity contribution >= 4 is 17.4 Å². The highest BCUT2D eigenvalue weighted by Crippen LogP contribution is 2.48. The number of amides is 1. The number of carbonyl (C=O) groups excluding carboxylic acids is 2. The van der Waals surface area contributed by atoms with E-state index in [1.165, 1.54) is 0 Å². The van der Waals surface area contributed by atoms with Crippen LogP contribution in [0, 0.1) is 5.92 Å². The number of methoxy groups -OCH3 is 1. The van der Waals surface area contributed by atoms with Gasteiger partial charge in [-0.15, -0.1) is 0 Å². The van der Waals surface area contributed by atoms with Crippen molar-refractivity contribution in [2.45, 2.75) is 56.9 Å². The van der Waals surface area contributed by atoms with Gasteiger partial charge in [-0.2, -0.15) is 0 Å². The summed E-state index contributed by atoms with van der Waals surface area (Å²) in [6.45, 7) is 3.78. The molecule has 1 aliphatic carbocycles. The topological polar surface area (TPSA) is 71.5 Å². The van der Waals surface area contributed by atoms with Gasteiger partial charge in [0.25, 0.3) is 0 Å². The smallest absolute Gasteiger partial charge is 0.236 e. The molecular formula is C20H27N3O3. The van der Waals surface area contributed by atoms with Crippen molar-refractivity contribution in [3.63, 3.8) is 0 Å². The van der Waals surface area contributed by atoms with Crippen molar-refractivity contribution in [2.75, 3.05) is 25.5 Å². The first-order valence-electron chi connectivity index (χ1n) is 9.62. The Labute approximate surface area is 154 Å². The predicted molar refractivity (Wildman–Crippen MR) is 98.3 cm³/mol. The maximum absolute atomic E-state index is 12.8. The van der Waals surface area contributed by atoms with E-state index in [0.717, 1.165) is 56.6 Å². The third kappa shape index (κ3) is 2.90. The molecule has 0 aromatic carbocycles. The number of fused-ring (bicyclic) bond motifs is 2. The Kier molecular flexibility index (Phi) is 4.47. The van der Waals surface area contributed by atoms with Crippen LogP contribution in [0.25, 0.3) is 0 Å². The Balaban J connectivity index is 1.46. The Hall–Kier alpha value is -1.95. The molecule has 1 aromatic heterocycles. The normalized spacial score (nSPS) is 31.1. The number of hydrogen-bond donors (Lipinski definition) is 1. The van der Waals surface area contributed by atoms with Gasteiger partial charge in [0.2, 0.25) is 11.8 Å². The minimum atomic E-state index is -0.501. The van der Waals surface area contributed by atoms with E-state index in [2.05, 4.69) is 15.2 Å². The third-order valence-corrected chi connectivity index (χ3v) is 6.43. The summed E-state index contributed by atoms with van der Waals surface area (Å²) in [7, 11) is 1.60. The third-order valence-electron chi connectivity index (χ3n) is 6.43. The second-order valence-electron chi connectivity index (χ2n) is 8.07. The Bertz CT molecular complexity index is 725. The summed E-state index contributed by atoms with van der Waals surface area (Å²) in [5, 5.41) is 3.01. The lowest BCUT2D eigenvalue weighted by Gasteiger charge is -2.39. The van der Waals surface area contributed by atoms with Gasteiger partial charge in [0.1, 0.15) is 5.78 Å². The van der Waals surface area contributed by atoms with Crippen LogP contribution in [0.1, 0.15) is 51.1 Å². The second-order valence-corrected chi connectivity index (χ2v) is 8.07. The number of anilines is 1. The summed E-state index contributed by atoms with van der Waals surface area (Å²) >= 11 is 0. The lowest BCUT2D eigenvalue weighted by Crippen LogP contribution is -2.45. The SMILES string of the molecule is COc1ccc2c(n1)C1(CCC(N3CC[C@H](CC(C)=O)C3)CC1)C(=O)N2. The van der Waals surface area contributed by atoms with Crippen LogP contribution in [0.3, 0.4) is 0 Å². The zero-order valence-electron chi connectivity index (χ0n) is 15.6. The van der Waals surface area contributed by atoms with Crippen molar-refractivity contribution in [3.05, 3.63) is 17.8 Å². The van der Waals surface area contributed by atoms with Crippen LogP contribution in [0.5, 0.6) is 5.88 Å². The van der Waals surface area contributed by atoms with Gasteiger partial charge < -0.3 is 19.7 Å². The highest BCUT2D eigenvalue weighted by molar-refractivity contribution is 6.05. The molecule has 140 valence electrons. The maximum atomic E-state index is 12.8. The number of ketones is 1. The molecule has 0 unspecified atom stereocenters. The lowest BCUT2D eigenvalue weighted by molar-refractivity contribution is -0.122. The number of nitrogens with one attached hydrogen (secondary N) is 1. The van der Waals surface area contributed by atoms with Crippen molar-refractivity contribution in [2.24, 2.45) is 5.92 Å². The number of Topliss-reactive ketones (excluding diaryl/α,β-unsaturated/α-hetero) is 1. The number of carbonyl (C=O) groups is 2. The van der Waals surface area contributed by atoms with Gasteiger partial charge in [-0.1, -0.05) is 0 Å². The van der Waals surface area contributed by atoms with Gasteiger partial charge >= 0.3 is 0 Å². The minimum absolute atomic E-state index is 0.0857. The Morgan fingerprint density at radius 1 is 1.35 bits per heavy atom. The van der Waals surface area contributed by atoms with Gasteiger partial charge in [-0.05, 0) is 57.6 Å². The summed E-state index contributed by atoms with van der Waals surface area (Å²) in [5.41, 5.74) is 1.19. The van der Waals surface area contributed by atoms with E-state index < -0.39 is 5.41 Å². The van der Waals surface area contributed by atoms with Crippen LogP contribution in [0.4, 0.5) is 5.69 Å². The van der Waals surface area contributed by atoms with Crippen LogP contribution >= 0.6 is 0 Å². The molecule has 2 fully saturated rings. The van der Waals surface area contributed by atoms with Crippen LogP contribution in [0.2, 0.25) is 0 Å². The zero-order chi connectivity index (χ0) is 18.3. The van der Waals surface area contributed by atoms with Gasteiger partial charge in [-0.3, -0.25) is 4.79 Å². The minimum Gasteiger partial charge on any atom is -0.481 e. The summed E-state index contributed by atoms with van der Waals surface area (Å²) in [5.74, 6) is 1.44. The maximum Gasteiger partial charge on any atom is 0.236 e. The number of hydrogen-bond acceptors (Lipinski definition) is 5. The molecule has 6 nitrogen and oxygen atoms in total. The standard InChI is InChI=1S/C20H27N3O3/c1-13(24)11-14-7-10-23(12-14)15-5-8-20(9-6-15)18-16(21-19(20)25)3-4-17(22-18)26-2/h3-4,14-15H,5-12H2,1-2H3,(H,21,25)/t14-,15?,20?/m1/s1. The number of aromatic nitrogens is 1. The molecule has 1 atom stereocenters. The van der Waals surface area contributed by atoms with Gasteiger partial charge in [0, 0.05) is 25.1 Å². The van der Waals surface area contributed by atoms with E-state index in [1.54, 1.807) is 20.1 Å². The number of rotatable bonds is 4. The van der Waals surface area contributed by atoms with E-state index in [0.29, 0.717) is 30.0 Å². The molecule has 0 radical (unpaired) electrons. The fraction of sp³-hybridized carbons (Fsp3) is 0.650. The number of pyridine rings is 1. The summed E-state index contributed by atoms with van der Waals surface area (Å²) in [4.78, 5) is 31.3. The van der Waals surface area contributed by atoms with Gasteiger partial charge in [0.15, 0.2) is 0 Å². The fourth-order valence-corrected chi connectivity index (χ4v) is 5.06. The largest absolute Gasteiger partial charge is 0.481 e. The van der Waals surface area contributed by atoms with Gasteiger partial charge in [0.05, 0.1) is 23.9 Å². The van der Waals surface area contributed by atoms with Crippen LogP contribution in [0.15, 0.2) is 12.1 Å². The van der Waals surface area contributed by atoms with Crippen molar-refractivity contribution in [3.8, 4) is 5.88 Å². The molecule has 1 saturated carbocycles. The molecular weight excluding hydrogens is 330 g/mol. The van der Waals surface area contributed by atoms with E-state index in [-0.39, 0.29) is 5.91 Å². The molecule has 3 aliphatic rings. The molecule has 2 aliphatic heterocycles. The Morgan fingerprint density at radius 2 is 2.12 bits per heavy atom. The second kappa shape index (κ2) is 6.65. The van der Waals surface area contributed by atoms with Crippen molar-refractivity contribution in [1.82, 2.24) is 9.88 Å². The highest BCUT2D eigenvalue weighted by atomic mass is 16.5. The van der Waals surface area contributed by atoms with Crippen LogP contribution < -0.4 is 10.1 Å². The average molecular weight is 357 g/mol. The number of nitrogens with zero attached hydrogens (tertiary/aromatic N) is 2. The molecule has 1 N–H and O–H groups in total. The number of ether oxygens (including phenoxy) is 1. The van der Waals surface area contributed by atoms with Crippen molar-refractivity contribution < 1.29 is 14.3 Å². The van der Waals surface area contributed by atoms with E-state index in [4.69, 9.17) is 4.74 Å². The molecule has 1 aromatic rings. The average Bonchev–Trinajstić information content (AvgIpc) is 3.19. The molecule has 3 heterocycles. The van der Waals surface area contributed by atoms with Gasteiger partial charge in [-0.25, -0.2) is 4.98 Å². The highest BCUT2D eigenvalue weighted by Gasteiger charge is 2.51. The predicted octanol–water partition coefficient (Wildman–Crippen LogP) is 2.52. The molecule has 4 rings (SSSR count). The van der Waals surface area contributed by atoms with Crippen molar-refractivity contribution in [1.29, 1.82) is 0 Å². The van der Waals surface area contributed by atoms with Crippen LogP contribution in [-0.4, -0.2) is 47.8 Å². The molecule has 1 saturated heterocycles. The first-order chi connectivity index (χ1) is 12.5. The van der Waals surface area contributed by atoms with E-state index in [9.17, 15) is 9.59 Å². The number of likely N-dealkylation sites (tertiary alicyclic amines) is 1. The first-order valence-corrected chi connectivity index (χ1v) is 9.62. The lowest BCUT2D eigenvalue weighted by atomic mass is 9.70. The molecule has 26 heavy (non-hydrogen) atoms. The van der Waals surface area contributed by atoms with E-state index >= 15 is 0 Å². The summed E-state index contributed by atoms with van der Waals surface area (Å²) < 4.78 is 5.27. The van der Waals surface area contributed by atoms with E-state index in [1.807, 2.05) is 6.07 Å². The molecule has 0 bridgehead atoms. The quantitative estimate of drug-likeness (QED) is 0.896. The Morgan fingerprint density at radius 3 is 2.81 bits per heavy atom. The van der Waals surface area contributed by atoms with Crippen LogP contribution in [-0.2, 0) is 15.0 Å².